The van der Waals surface area contributed by atoms with Crippen molar-refractivity contribution in [1.82, 2.24) is 19.7 Å². The summed E-state index contributed by atoms with van der Waals surface area (Å²) in [5.41, 5.74) is 2.57. The Morgan fingerprint density at radius 1 is 1.22 bits per heavy atom. The molecule has 0 aliphatic carbocycles. The smallest absolute Gasteiger partial charge is 0.254 e. The fraction of sp³-hybridized carbons (Fsp3) is 0.350. The first-order valence-electron chi connectivity index (χ1n) is 9.40. The summed E-state index contributed by atoms with van der Waals surface area (Å²) >= 11 is 0. The predicted octanol–water partition coefficient (Wildman–Crippen LogP) is 2.58. The van der Waals surface area contributed by atoms with Crippen molar-refractivity contribution in [2.24, 2.45) is 0 Å². The van der Waals surface area contributed by atoms with Gasteiger partial charge in [0.1, 0.15) is 0 Å². The first kappa shape index (κ1) is 16.1. The van der Waals surface area contributed by atoms with E-state index < -0.39 is 0 Å². The van der Waals surface area contributed by atoms with Crippen molar-refractivity contribution in [3.63, 3.8) is 0 Å². The van der Waals surface area contributed by atoms with Crippen LogP contribution < -0.4 is 4.90 Å². The number of fused-ring (bicyclic) bond motifs is 1. The maximum atomic E-state index is 13.0. The number of benzene rings is 1. The van der Waals surface area contributed by atoms with Crippen LogP contribution in [-0.4, -0.2) is 51.1 Å². The van der Waals surface area contributed by atoms with Gasteiger partial charge in [-0.25, -0.2) is 0 Å². The van der Waals surface area contributed by atoms with Crippen molar-refractivity contribution in [2.75, 3.05) is 24.5 Å². The molecule has 0 radical (unpaired) electrons. The van der Waals surface area contributed by atoms with E-state index >= 15 is 0 Å². The zero-order valence-electron chi connectivity index (χ0n) is 15.0. The number of hydrogen-bond acceptors (Lipinski definition) is 3. The summed E-state index contributed by atoms with van der Waals surface area (Å²) < 4.78 is 1.91. The topological polar surface area (TPSA) is 74.2 Å². The number of carbonyl (C=O) groups is 2. The van der Waals surface area contributed by atoms with E-state index in [4.69, 9.17) is 0 Å². The number of aromatic amines is 1. The Labute approximate surface area is 156 Å². The first-order valence-corrected chi connectivity index (χ1v) is 9.40. The standard InChI is InChI=1S/C20H21N5O2/c26-19-5-2-9-24(19)15-11-22-25(13-15)14-7-10-23(12-14)20(27)17-3-1-4-18-16(17)6-8-21-18/h1,3-4,6,8,11,13-14,21H,2,5,7,9-10,12H2. The maximum absolute atomic E-state index is 13.0. The molecule has 0 spiro atoms. The Hall–Kier alpha value is -3.09. The number of anilines is 1. The zero-order valence-corrected chi connectivity index (χ0v) is 15.0. The lowest BCUT2D eigenvalue weighted by molar-refractivity contribution is -0.117. The summed E-state index contributed by atoms with van der Waals surface area (Å²) in [7, 11) is 0. The summed E-state index contributed by atoms with van der Waals surface area (Å²) in [6.45, 7) is 2.11. The third-order valence-electron chi connectivity index (χ3n) is 5.62. The zero-order chi connectivity index (χ0) is 18.4. The van der Waals surface area contributed by atoms with E-state index in [2.05, 4.69) is 10.1 Å². The minimum atomic E-state index is 0.0600. The van der Waals surface area contributed by atoms with Crippen LogP contribution in [0.15, 0.2) is 42.9 Å². The van der Waals surface area contributed by atoms with E-state index in [1.54, 1.807) is 11.1 Å². The second-order valence-electron chi connectivity index (χ2n) is 7.27. The molecule has 1 atom stereocenters. The number of H-pyrrole nitrogens is 1. The molecule has 1 unspecified atom stereocenters. The van der Waals surface area contributed by atoms with Gasteiger partial charge < -0.3 is 14.8 Å². The van der Waals surface area contributed by atoms with E-state index in [1.807, 2.05) is 46.2 Å². The van der Waals surface area contributed by atoms with Crippen LogP contribution in [0.2, 0.25) is 0 Å². The fourth-order valence-electron chi connectivity index (χ4n) is 4.17. The normalized spacial score (nSPS) is 20.1. The van der Waals surface area contributed by atoms with Gasteiger partial charge in [-0.05, 0) is 31.0 Å². The van der Waals surface area contributed by atoms with Gasteiger partial charge in [0.05, 0.1) is 17.9 Å². The summed E-state index contributed by atoms with van der Waals surface area (Å²) in [4.78, 5) is 31.8. The molecule has 2 amide bonds. The van der Waals surface area contributed by atoms with Crippen LogP contribution in [-0.2, 0) is 4.79 Å². The van der Waals surface area contributed by atoms with Crippen molar-refractivity contribution < 1.29 is 9.59 Å². The van der Waals surface area contributed by atoms with Gasteiger partial charge in [-0.15, -0.1) is 0 Å². The number of hydrogen-bond donors (Lipinski definition) is 1. The van der Waals surface area contributed by atoms with Crippen LogP contribution in [0.5, 0.6) is 0 Å². The Kier molecular flexibility index (Phi) is 3.74. The summed E-state index contributed by atoms with van der Waals surface area (Å²) in [6, 6.07) is 7.86. The molecule has 2 saturated heterocycles. The third-order valence-corrected chi connectivity index (χ3v) is 5.62. The van der Waals surface area contributed by atoms with Gasteiger partial charge in [0.25, 0.3) is 5.91 Å². The molecule has 0 saturated carbocycles. The molecule has 7 heteroatoms. The van der Waals surface area contributed by atoms with Crippen LogP contribution in [0.25, 0.3) is 10.9 Å². The molecule has 0 bridgehead atoms. The average Bonchev–Trinajstić information content (AvgIpc) is 3.45. The molecule has 5 rings (SSSR count). The molecule has 1 aromatic carbocycles. The Bertz CT molecular complexity index is 1020. The van der Waals surface area contributed by atoms with Crippen molar-refractivity contribution in [3.05, 3.63) is 48.4 Å². The number of rotatable bonds is 3. The largest absolute Gasteiger partial charge is 0.361 e. The molecule has 4 heterocycles. The number of nitrogens with zero attached hydrogens (tertiary/aromatic N) is 4. The maximum Gasteiger partial charge on any atom is 0.254 e. The van der Waals surface area contributed by atoms with E-state index in [1.165, 1.54) is 0 Å². The summed E-state index contributed by atoms with van der Waals surface area (Å²) in [6.07, 6.45) is 7.94. The van der Waals surface area contributed by atoms with Gasteiger partial charge >= 0.3 is 0 Å². The lowest BCUT2D eigenvalue weighted by atomic mass is 10.1. The second kappa shape index (κ2) is 6.26. The summed E-state index contributed by atoms with van der Waals surface area (Å²) in [5.74, 6) is 0.224. The third kappa shape index (κ3) is 2.70. The van der Waals surface area contributed by atoms with E-state index in [0.717, 1.165) is 41.5 Å². The number of nitrogens with one attached hydrogen (secondary N) is 1. The summed E-state index contributed by atoms with van der Waals surface area (Å²) in [5, 5.41) is 5.42. The Balaban J connectivity index is 1.33. The molecule has 2 aliphatic rings. The molecule has 27 heavy (non-hydrogen) atoms. The minimum Gasteiger partial charge on any atom is -0.361 e. The molecular weight excluding hydrogens is 342 g/mol. The van der Waals surface area contributed by atoms with Crippen LogP contribution in [0.4, 0.5) is 5.69 Å². The van der Waals surface area contributed by atoms with Crippen LogP contribution in [0.3, 0.4) is 0 Å². The van der Waals surface area contributed by atoms with Crippen LogP contribution >= 0.6 is 0 Å². The minimum absolute atomic E-state index is 0.0600. The molecule has 2 fully saturated rings. The number of carbonyl (C=O) groups excluding carboxylic acids is 2. The average molecular weight is 363 g/mol. The number of aromatic nitrogens is 3. The van der Waals surface area contributed by atoms with Gasteiger partial charge in [0, 0.05) is 54.9 Å². The fourth-order valence-corrected chi connectivity index (χ4v) is 4.17. The monoisotopic (exact) mass is 363 g/mol. The van der Waals surface area contributed by atoms with Gasteiger partial charge in [-0.1, -0.05) is 6.07 Å². The van der Waals surface area contributed by atoms with E-state index in [0.29, 0.717) is 19.5 Å². The molecule has 7 nitrogen and oxygen atoms in total. The second-order valence-corrected chi connectivity index (χ2v) is 7.27. The molecule has 3 aromatic rings. The Morgan fingerprint density at radius 3 is 3.00 bits per heavy atom. The molecule has 1 N–H and O–H groups in total. The molecule has 2 aliphatic heterocycles. The highest BCUT2D eigenvalue weighted by atomic mass is 16.2. The van der Waals surface area contributed by atoms with Crippen molar-refractivity contribution in [1.29, 1.82) is 0 Å². The number of likely N-dealkylation sites (tertiary alicyclic amines) is 1. The highest BCUT2D eigenvalue weighted by molar-refractivity contribution is 6.06. The highest BCUT2D eigenvalue weighted by Crippen LogP contribution is 2.28. The Morgan fingerprint density at radius 2 is 2.15 bits per heavy atom. The van der Waals surface area contributed by atoms with Crippen LogP contribution in [0.1, 0.15) is 35.7 Å². The van der Waals surface area contributed by atoms with Crippen LogP contribution in [0, 0.1) is 0 Å². The lowest BCUT2D eigenvalue weighted by Crippen LogP contribution is -2.29. The number of amides is 2. The van der Waals surface area contributed by atoms with E-state index in [-0.39, 0.29) is 17.9 Å². The predicted molar refractivity (Wildman–Crippen MR) is 102 cm³/mol. The van der Waals surface area contributed by atoms with Crippen molar-refractivity contribution in [3.8, 4) is 0 Å². The van der Waals surface area contributed by atoms with Crippen molar-refractivity contribution in [2.45, 2.75) is 25.3 Å². The molecule has 138 valence electrons. The SMILES string of the molecule is O=C(c1cccc2[nH]ccc12)N1CCC(n2cc(N3CCCC3=O)cn2)C1. The van der Waals surface area contributed by atoms with Gasteiger partial charge in [-0.3, -0.25) is 14.3 Å². The van der Waals surface area contributed by atoms with Gasteiger partial charge in [0.15, 0.2) is 0 Å². The van der Waals surface area contributed by atoms with E-state index in [9.17, 15) is 9.59 Å². The molecule has 2 aromatic heterocycles. The van der Waals surface area contributed by atoms with Gasteiger partial charge in [-0.2, -0.15) is 5.10 Å². The highest BCUT2D eigenvalue weighted by Gasteiger charge is 2.30. The van der Waals surface area contributed by atoms with Crippen molar-refractivity contribution >= 4 is 28.4 Å². The quantitative estimate of drug-likeness (QED) is 0.777. The first-order chi connectivity index (χ1) is 13.2. The lowest BCUT2D eigenvalue weighted by Gasteiger charge is -2.17. The van der Waals surface area contributed by atoms with Gasteiger partial charge in [0.2, 0.25) is 5.91 Å². The molecular formula is C20H21N5O2.